The van der Waals surface area contributed by atoms with Crippen LogP contribution < -0.4 is 10.1 Å². The fourth-order valence-corrected chi connectivity index (χ4v) is 3.82. The second kappa shape index (κ2) is 8.83. The minimum absolute atomic E-state index is 0.0614. The Bertz CT molecular complexity index is 938. The number of methoxy groups -OCH3 is 1. The van der Waals surface area contributed by atoms with E-state index in [0.29, 0.717) is 22.9 Å². The van der Waals surface area contributed by atoms with Gasteiger partial charge in [0, 0.05) is 18.3 Å². The molecule has 2 heterocycles. The van der Waals surface area contributed by atoms with Gasteiger partial charge in [-0.3, -0.25) is 14.9 Å². The minimum Gasteiger partial charge on any atom is -0.496 e. The number of benzene rings is 1. The van der Waals surface area contributed by atoms with Crippen molar-refractivity contribution in [3.05, 3.63) is 58.0 Å². The van der Waals surface area contributed by atoms with Gasteiger partial charge in [0.05, 0.1) is 18.4 Å². The van der Waals surface area contributed by atoms with Crippen LogP contribution in [-0.4, -0.2) is 39.4 Å². The number of ether oxygens (including phenoxy) is 1. The summed E-state index contributed by atoms with van der Waals surface area (Å²) in [5.41, 5.74) is 0.315. The Hall–Kier alpha value is -2.65. The summed E-state index contributed by atoms with van der Waals surface area (Å²) >= 11 is 2.89. The third-order valence-corrected chi connectivity index (χ3v) is 5.67. The van der Waals surface area contributed by atoms with Gasteiger partial charge in [0.1, 0.15) is 11.6 Å². The predicted molar refractivity (Wildman–Crippen MR) is 104 cm³/mol. The van der Waals surface area contributed by atoms with E-state index < -0.39 is 11.8 Å². The lowest BCUT2D eigenvalue weighted by Crippen LogP contribution is -2.32. The smallest absolute Gasteiger partial charge is 0.261 e. The lowest BCUT2D eigenvalue weighted by molar-refractivity contribution is -0.117. The molecule has 2 amide bonds. The van der Waals surface area contributed by atoms with Gasteiger partial charge in [-0.05, 0) is 23.6 Å². The Kier molecular flexibility index (Phi) is 6.25. The number of hydrogen-bond donors (Lipinski definition) is 1. The number of nitrogens with zero attached hydrogens (tertiary/aromatic N) is 3. The first kappa shape index (κ1) is 19.1. The van der Waals surface area contributed by atoms with Crippen molar-refractivity contribution in [2.45, 2.75) is 11.6 Å². The van der Waals surface area contributed by atoms with Crippen LogP contribution in [0.5, 0.6) is 5.75 Å². The SMILES string of the molecule is COc1ccccc1C(=O)NC(=O)CSc1nnc(Cc2cccs2)n1C. The van der Waals surface area contributed by atoms with Crippen LogP contribution in [0, 0.1) is 0 Å². The average Bonchev–Trinajstić information content (AvgIpc) is 3.31. The van der Waals surface area contributed by atoms with Crippen LogP contribution in [0.3, 0.4) is 0 Å². The Morgan fingerprint density at radius 1 is 1.22 bits per heavy atom. The molecule has 2 aromatic heterocycles. The monoisotopic (exact) mass is 402 g/mol. The molecule has 0 spiro atoms. The van der Waals surface area contributed by atoms with Gasteiger partial charge in [0.25, 0.3) is 5.91 Å². The highest BCUT2D eigenvalue weighted by Gasteiger charge is 2.16. The number of nitrogens with one attached hydrogen (secondary N) is 1. The summed E-state index contributed by atoms with van der Waals surface area (Å²) in [4.78, 5) is 25.6. The standard InChI is InChI=1S/C18H18N4O3S2/c1-22-15(10-12-6-5-9-26-12)20-21-18(22)27-11-16(23)19-17(24)13-7-3-4-8-14(13)25-2/h3-9H,10-11H2,1-2H3,(H,19,23,24). The van der Waals surface area contributed by atoms with Crippen LogP contribution in [0.25, 0.3) is 0 Å². The number of carbonyl (C=O) groups excluding carboxylic acids is 2. The zero-order valence-corrected chi connectivity index (χ0v) is 16.5. The summed E-state index contributed by atoms with van der Waals surface area (Å²) in [6, 6.07) is 10.8. The second-order valence-electron chi connectivity index (χ2n) is 5.58. The first-order chi connectivity index (χ1) is 13.1. The highest BCUT2D eigenvalue weighted by Crippen LogP contribution is 2.20. The molecule has 3 rings (SSSR count). The summed E-state index contributed by atoms with van der Waals surface area (Å²) in [5.74, 6) is 0.409. The third-order valence-electron chi connectivity index (χ3n) is 3.77. The number of carbonyl (C=O) groups is 2. The number of para-hydroxylation sites is 1. The molecular weight excluding hydrogens is 384 g/mol. The number of thiophene rings is 1. The molecule has 0 unspecified atom stereocenters. The highest BCUT2D eigenvalue weighted by molar-refractivity contribution is 7.99. The number of imide groups is 1. The van der Waals surface area contributed by atoms with E-state index in [-0.39, 0.29) is 5.75 Å². The highest BCUT2D eigenvalue weighted by atomic mass is 32.2. The summed E-state index contributed by atoms with van der Waals surface area (Å²) in [5, 5.41) is 13.3. The minimum atomic E-state index is -0.491. The second-order valence-corrected chi connectivity index (χ2v) is 7.55. The Labute approximate surface area is 164 Å². The molecule has 0 aliphatic heterocycles. The molecule has 0 bridgehead atoms. The normalized spacial score (nSPS) is 10.6. The van der Waals surface area contributed by atoms with Gasteiger partial charge in [0.15, 0.2) is 5.16 Å². The molecule has 0 atom stereocenters. The zero-order valence-electron chi connectivity index (χ0n) is 14.8. The van der Waals surface area contributed by atoms with Crippen LogP contribution in [0.2, 0.25) is 0 Å². The molecule has 0 fully saturated rings. The first-order valence-corrected chi connectivity index (χ1v) is 9.95. The number of aromatic nitrogens is 3. The molecule has 0 radical (unpaired) electrons. The lowest BCUT2D eigenvalue weighted by atomic mass is 10.2. The number of amides is 2. The molecule has 0 aliphatic carbocycles. The molecule has 9 heteroatoms. The number of rotatable bonds is 7. The van der Waals surface area contributed by atoms with Crippen LogP contribution in [0.1, 0.15) is 21.1 Å². The van der Waals surface area contributed by atoms with E-state index in [4.69, 9.17) is 4.74 Å². The summed E-state index contributed by atoms with van der Waals surface area (Å²) in [6.45, 7) is 0. The maximum Gasteiger partial charge on any atom is 0.261 e. The van der Waals surface area contributed by atoms with E-state index >= 15 is 0 Å². The van der Waals surface area contributed by atoms with Crippen LogP contribution in [0.15, 0.2) is 46.9 Å². The van der Waals surface area contributed by atoms with E-state index in [9.17, 15) is 9.59 Å². The molecule has 1 N–H and O–H groups in total. The largest absolute Gasteiger partial charge is 0.496 e. The fourth-order valence-electron chi connectivity index (χ4n) is 2.39. The van der Waals surface area contributed by atoms with Crippen molar-refractivity contribution in [3.63, 3.8) is 0 Å². The lowest BCUT2D eigenvalue weighted by Gasteiger charge is -2.08. The van der Waals surface area contributed by atoms with Crippen molar-refractivity contribution in [1.82, 2.24) is 20.1 Å². The first-order valence-electron chi connectivity index (χ1n) is 8.09. The van der Waals surface area contributed by atoms with Gasteiger partial charge in [-0.1, -0.05) is 30.0 Å². The molecule has 140 valence electrons. The van der Waals surface area contributed by atoms with E-state index in [1.54, 1.807) is 35.6 Å². The van der Waals surface area contributed by atoms with Gasteiger partial charge in [0.2, 0.25) is 5.91 Å². The van der Waals surface area contributed by atoms with Gasteiger partial charge in [-0.25, -0.2) is 0 Å². The van der Waals surface area contributed by atoms with Crippen molar-refractivity contribution in [1.29, 1.82) is 0 Å². The van der Waals surface area contributed by atoms with Crippen molar-refractivity contribution in [2.24, 2.45) is 7.05 Å². The summed E-state index contributed by atoms with van der Waals surface area (Å²) in [6.07, 6.45) is 0.695. The topological polar surface area (TPSA) is 86.1 Å². The fraction of sp³-hybridized carbons (Fsp3) is 0.222. The predicted octanol–water partition coefficient (Wildman–Crippen LogP) is 2.52. The van der Waals surface area contributed by atoms with Gasteiger partial charge in [-0.2, -0.15) is 0 Å². The molecule has 3 aromatic rings. The van der Waals surface area contributed by atoms with Crippen molar-refractivity contribution in [3.8, 4) is 5.75 Å². The van der Waals surface area contributed by atoms with E-state index in [2.05, 4.69) is 15.5 Å². The Morgan fingerprint density at radius 2 is 2.04 bits per heavy atom. The van der Waals surface area contributed by atoms with Crippen LogP contribution in [-0.2, 0) is 18.3 Å². The van der Waals surface area contributed by atoms with Crippen molar-refractivity contribution in [2.75, 3.05) is 12.9 Å². The van der Waals surface area contributed by atoms with E-state index in [0.717, 1.165) is 5.82 Å². The average molecular weight is 403 g/mol. The molecule has 0 aliphatic rings. The van der Waals surface area contributed by atoms with Crippen molar-refractivity contribution < 1.29 is 14.3 Å². The summed E-state index contributed by atoms with van der Waals surface area (Å²) < 4.78 is 7.00. The molecule has 0 saturated carbocycles. The Morgan fingerprint density at radius 3 is 2.78 bits per heavy atom. The molecule has 27 heavy (non-hydrogen) atoms. The molecule has 1 aromatic carbocycles. The Balaban J connectivity index is 1.56. The van der Waals surface area contributed by atoms with Crippen LogP contribution in [0.4, 0.5) is 0 Å². The maximum absolute atomic E-state index is 12.2. The van der Waals surface area contributed by atoms with Crippen LogP contribution >= 0.6 is 23.1 Å². The number of thioether (sulfide) groups is 1. The molecule has 0 saturated heterocycles. The summed E-state index contributed by atoms with van der Waals surface area (Å²) in [7, 11) is 3.34. The van der Waals surface area contributed by atoms with Crippen molar-refractivity contribution >= 4 is 34.9 Å². The van der Waals surface area contributed by atoms with Gasteiger partial charge < -0.3 is 9.30 Å². The van der Waals surface area contributed by atoms with Gasteiger partial charge >= 0.3 is 0 Å². The number of hydrogen-bond acceptors (Lipinski definition) is 7. The molecular formula is C18H18N4O3S2. The maximum atomic E-state index is 12.2. The van der Waals surface area contributed by atoms with E-state index in [1.165, 1.54) is 23.7 Å². The van der Waals surface area contributed by atoms with Gasteiger partial charge in [-0.15, -0.1) is 21.5 Å². The quantitative estimate of drug-likeness (QED) is 0.611. The third kappa shape index (κ3) is 4.75. The zero-order chi connectivity index (χ0) is 19.2. The molecule has 7 nitrogen and oxygen atoms in total. The van der Waals surface area contributed by atoms with E-state index in [1.807, 2.05) is 29.1 Å².